The summed E-state index contributed by atoms with van der Waals surface area (Å²) in [5.74, 6) is -0.219. The number of hydrogen-bond acceptors (Lipinski definition) is 2. The molecule has 0 spiro atoms. The maximum absolute atomic E-state index is 13.4. The summed E-state index contributed by atoms with van der Waals surface area (Å²) in [7, 11) is 1.59. The number of carbonyl (C=O) groups excluding carboxylic acids is 1. The van der Waals surface area contributed by atoms with E-state index in [4.69, 9.17) is 16.3 Å². The van der Waals surface area contributed by atoms with E-state index in [1.54, 1.807) is 7.11 Å². The largest absolute Gasteiger partial charge is 0.469 e. The molecule has 3 heteroatoms. The highest BCUT2D eigenvalue weighted by Crippen LogP contribution is 2.41. The molecule has 2 nitrogen and oxygen atoms in total. The van der Waals surface area contributed by atoms with Gasteiger partial charge in [0.05, 0.1) is 17.9 Å². The second-order valence-corrected chi connectivity index (χ2v) is 23.2. The van der Waals surface area contributed by atoms with Gasteiger partial charge >= 0.3 is 5.97 Å². The van der Waals surface area contributed by atoms with Gasteiger partial charge in [0.2, 0.25) is 0 Å². The minimum atomic E-state index is -0.453. The molecular weight excluding hydrogens is 836 g/mol. The van der Waals surface area contributed by atoms with Gasteiger partial charge in [0.15, 0.2) is 0 Å². The summed E-state index contributed by atoms with van der Waals surface area (Å²) in [4.78, 5) is 13.0. The lowest BCUT2D eigenvalue weighted by Gasteiger charge is -2.34. The lowest BCUT2D eigenvalue weighted by atomic mass is 9.79. The van der Waals surface area contributed by atoms with E-state index in [1.165, 1.54) is 327 Å². The van der Waals surface area contributed by atoms with Gasteiger partial charge in [0, 0.05) is 0 Å². The molecule has 402 valence electrons. The van der Waals surface area contributed by atoms with Gasteiger partial charge in [0.25, 0.3) is 0 Å². The molecule has 0 aliphatic rings. The Labute approximate surface area is 429 Å². The third-order valence-corrected chi connectivity index (χ3v) is 16.5. The van der Waals surface area contributed by atoms with Gasteiger partial charge in [-0.15, -0.1) is 11.6 Å². The van der Waals surface area contributed by atoms with Crippen LogP contribution in [0.5, 0.6) is 0 Å². The Morgan fingerprint density at radius 1 is 0.299 bits per heavy atom. The number of rotatable bonds is 59. The Hall–Kier alpha value is -0.240. The second-order valence-electron chi connectivity index (χ2n) is 22.4. The predicted molar refractivity (Wildman–Crippen MR) is 304 cm³/mol. The Bertz CT molecular complexity index is 878. The van der Waals surface area contributed by atoms with Crippen LogP contribution in [-0.2, 0) is 9.53 Å². The normalized spacial score (nSPS) is 12.4. The molecule has 0 bridgehead atoms. The summed E-state index contributed by atoms with van der Waals surface area (Å²) in [6, 6.07) is 0. The number of carbonyl (C=O) groups is 1. The molecule has 0 rings (SSSR count). The molecule has 0 radical (unpaired) electrons. The number of ether oxygens (including phenoxy) is 1. The van der Waals surface area contributed by atoms with Crippen molar-refractivity contribution in [2.24, 2.45) is 5.92 Å². The second kappa shape index (κ2) is 56.7. The Morgan fingerprint density at radius 2 is 0.463 bits per heavy atom. The van der Waals surface area contributed by atoms with Crippen LogP contribution >= 0.6 is 11.6 Å². The molecule has 67 heavy (non-hydrogen) atoms. The molecule has 0 N–H and O–H groups in total. The molecule has 1 unspecified atom stereocenters. The molecule has 0 saturated carbocycles. The molecule has 0 aromatic rings. The van der Waals surface area contributed by atoms with Crippen LogP contribution in [0.4, 0.5) is 0 Å². The lowest BCUT2D eigenvalue weighted by Crippen LogP contribution is -2.38. The lowest BCUT2D eigenvalue weighted by molar-refractivity contribution is -0.147. The Kier molecular flexibility index (Phi) is 56.5. The summed E-state index contributed by atoms with van der Waals surface area (Å²) in [6.07, 6.45) is 77.9. The fourth-order valence-electron chi connectivity index (χ4n) is 11.1. The molecule has 0 saturated heterocycles. The van der Waals surface area contributed by atoms with Crippen LogP contribution in [0, 0.1) is 5.92 Å². The van der Waals surface area contributed by atoms with Crippen LogP contribution < -0.4 is 0 Å². The molecule has 1 atom stereocenters. The van der Waals surface area contributed by atoms with Crippen LogP contribution in [0.15, 0.2) is 0 Å². The first-order valence-electron chi connectivity index (χ1n) is 31.8. The maximum Gasteiger partial charge on any atom is 0.310 e. The van der Waals surface area contributed by atoms with E-state index < -0.39 is 4.87 Å². The zero-order chi connectivity index (χ0) is 48.7. The maximum atomic E-state index is 13.4. The average Bonchev–Trinajstić information content (AvgIpc) is 3.33. The van der Waals surface area contributed by atoms with Gasteiger partial charge in [-0.1, -0.05) is 367 Å². The molecule has 0 aromatic carbocycles. The van der Waals surface area contributed by atoms with Crippen molar-refractivity contribution in [3.63, 3.8) is 0 Å². The van der Waals surface area contributed by atoms with Crippen molar-refractivity contribution >= 4 is 17.6 Å². The minimum absolute atomic E-state index is 0.0493. The van der Waals surface area contributed by atoms with Crippen molar-refractivity contribution in [1.82, 2.24) is 0 Å². The molecular formula is C64H127ClO2. The highest BCUT2D eigenvalue weighted by atomic mass is 35.5. The fourth-order valence-corrected chi connectivity index (χ4v) is 11.6. The van der Waals surface area contributed by atoms with Crippen molar-refractivity contribution in [3.05, 3.63) is 0 Å². The molecule has 0 aliphatic heterocycles. The summed E-state index contributed by atoms with van der Waals surface area (Å²) >= 11 is 7.71. The minimum Gasteiger partial charge on any atom is -0.469 e. The number of alkyl halides is 1. The SMILES string of the molecule is CCCCCCCCCCCCCCCCCCCCC(C(=O)OC)C(Cl)(CCCCCCCCCCCCCCCCCCCC)CCCCCCCCCCCCCCCCCCCC. The number of halogens is 1. The smallest absolute Gasteiger partial charge is 0.310 e. The van der Waals surface area contributed by atoms with E-state index in [0.717, 1.165) is 38.5 Å². The Morgan fingerprint density at radius 3 is 0.642 bits per heavy atom. The van der Waals surface area contributed by atoms with Crippen LogP contribution in [0.3, 0.4) is 0 Å². The quantitative estimate of drug-likeness (QED) is 0.0345. The van der Waals surface area contributed by atoms with Gasteiger partial charge in [-0.2, -0.15) is 0 Å². The third-order valence-electron chi connectivity index (χ3n) is 15.8. The molecule has 0 aromatic heterocycles. The van der Waals surface area contributed by atoms with Crippen molar-refractivity contribution in [1.29, 1.82) is 0 Å². The van der Waals surface area contributed by atoms with Crippen LogP contribution in [0.1, 0.15) is 387 Å². The fraction of sp³-hybridized carbons (Fsp3) is 0.984. The molecule has 0 fully saturated rings. The summed E-state index contributed by atoms with van der Waals surface area (Å²) < 4.78 is 5.50. The van der Waals surface area contributed by atoms with E-state index in [9.17, 15) is 4.79 Å². The van der Waals surface area contributed by atoms with Crippen LogP contribution in [-0.4, -0.2) is 18.0 Å². The first kappa shape index (κ1) is 66.8. The number of esters is 1. The predicted octanol–water partition coefficient (Wildman–Crippen LogP) is 24.0. The van der Waals surface area contributed by atoms with Crippen molar-refractivity contribution < 1.29 is 9.53 Å². The molecule has 0 aliphatic carbocycles. The van der Waals surface area contributed by atoms with Crippen molar-refractivity contribution in [2.75, 3.05) is 7.11 Å². The van der Waals surface area contributed by atoms with E-state index in [2.05, 4.69) is 20.8 Å². The van der Waals surface area contributed by atoms with Gasteiger partial charge in [-0.05, 0) is 19.3 Å². The molecule has 0 heterocycles. The monoisotopic (exact) mass is 963 g/mol. The van der Waals surface area contributed by atoms with Gasteiger partial charge in [-0.3, -0.25) is 4.79 Å². The van der Waals surface area contributed by atoms with Gasteiger partial charge in [-0.25, -0.2) is 0 Å². The number of methoxy groups -OCH3 is 1. The van der Waals surface area contributed by atoms with E-state index in [-0.39, 0.29) is 11.9 Å². The van der Waals surface area contributed by atoms with Gasteiger partial charge < -0.3 is 4.74 Å². The number of hydrogen-bond donors (Lipinski definition) is 0. The van der Waals surface area contributed by atoms with Gasteiger partial charge in [0.1, 0.15) is 0 Å². The topological polar surface area (TPSA) is 26.3 Å². The summed E-state index contributed by atoms with van der Waals surface area (Å²) in [5, 5.41) is 0. The third kappa shape index (κ3) is 49.1. The zero-order valence-electron chi connectivity index (χ0n) is 47.1. The first-order valence-corrected chi connectivity index (χ1v) is 32.2. The van der Waals surface area contributed by atoms with E-state index in [1.807, 2.05) is 0 Å². The first-order chi connectivity index (χ1) is 33.1. The summed E-state index contributed by atoms with van der Waals surface area (Å²) in [5.41, 5.74) is 0. The van der Waals surface area contributed by atoms with Crippen LogP contribution in [0.2, 0.25) is 0 Å². The molecule has 0 amide bonds. The standard InChI is InChI=1S/C64H127ClO2/c1-5-8-11-14-17-20-23-26-29-32-35-38-41-44-47-50-53-56-59-62(63(66)67-4)64(65,60-57-54-51-48-45-42-39-36-33-30-27-24-21-18-15-12-9-6-2)61-58-55-52-49-46-43-40-37-34-31-28-25-22-19-16-13-10-7-3/h62H,5-61H2,1-4H3. The van der Waals surface area contributed by atoms with Crippen molar-refractivity contribution in [3.8, 4) is 0 Å². The van der Waals surface area contributed by atoms with Crippen molar-refractivity contribution in [2.45, 2.75) is 392 Å². The number of unbranched alkanes of at least 4 members (excludes halogenated alkanes) is 51. The average molecular weight is 964 g/mol. The highest BCUT2D eigenvalue weighted by molar-refractivity contribution is 6.25. The van der Waals surface area contributed by atoms with E-state index in [0.29, 0.717) is 0 Å². The Balaban J connectivity index is 4.51. The van der Waals surface area contributed by atoms with E-state index >= 15 is 0 Å². The van der Waals surface area contributed by atoms with Crippen LogP contribution in [0.25, 0.3) is 0 Å². The highest BCUT2D eigenvalue weighted by Gasteiger charge is 2.40. The summed E-state index contributed by atoms with van der Waals surface area (Å²) in [6.45, 7) is 6.92. The zero-order valence-corrected chi connectivity index (χ0v) is 47.8.